The second kappa shape index (κ2) is 8.19. The Balaban J connectivity index is 2.89. The van der Waals surface area contributed by atoms with Crippen LogP contribution in [0.4, 0.5) is 5.69 Å². The molecule has 1 aromatic carbocycles. The number of nitro groups is 1. The molecule has 1 unspecified atom stereocenters. The lowest BCUT2D eigenvalue weighted by atomic mass is 10.0. The molecule has 0 spiro atoms. The highest BCUT2D eigenvalue weighted by molar-refractivity contribution is 6.32. The van der Waals surface area contributed by atoms with Crippen LogP contribution in [0.25, 0.3) is 0 Å². The normalized spacial score (nSPS) is 12.4. The molecule has 0 aliphatic carbocycles. The van der Waals surface area contributed by atoms with Crippen LogP contribution in [0.3, 0.4) is 0 Å². The molecule has 5 nitrogen and oxygen atoms in total. The summed E-state index contributed by atoms with van der Waals surface area (Å²) in [6.07, 6.45) is 1.78. The molecule has 1 aromatic rings. The van der Waals surface area contributed by atoms with Crippen LogP contribution in [0, 0.1) is 17.0 Å². The molecule has 0 aromatic heterocycles. The Hall–Kier alpha value is -1.17. The van der Waals surface area contributed by atoms with Crippen molar-refractivity contribution in [3.63, 3.8) is 0 Å². The summed E-state index contributed by atoms with van der Waals surface area (Å²) < 4.78 is 5.20. The molecule has 0 amide bonds. The Morgan fingerprint density at radius 3 is 2.75 bits per heavy atom. The zero-order valence-electron chi connectivity index (χ0n) is 12.1. The Morgan fingerprint density at radius 2 is 2.20 bits per heavy atom. The number of methoxy groups -OCH3 is 1. The highest BCUT2D eigenvalue weighted by Crippen LogP contribution is 2.28. The molecule has 0 aliphatic heterocycles. The summed E-state index contributed by atoms with van der Waals surface area (Å²) in [5.74, 6) is 0. The van der Waals surface area contributed by atoms with Crippen molar-refractivity contribution in [1.29, 1.82) is 0 Å². The van der Waals surface area contributed by atoms with Gasteiger partial charge in [0.25, 0.3) is 5.69 Å². The van der Waals surface area contributed by atoms with E-state index in [9.17, 15) is 10.1 Å². The van der Waals surface area contributed by atoms with E-state index >= 15 is 0 Å². The van der Waals surface area contributed by atoms with Crippen molar-refractivity contribution in [2.45, 2.75) is 32.7 Å². The number of aryl methyl sites for hydroxylation is 1. The summed E-state index contributed by atoms with van der Waals surface area (Å²) in [6.45, 7) is 5.47. The molecule has 0 heterocycles. The molecule has 0 aliphatic rings. The van der Waals surface area contributed by atoms with E-state index in [1.165, 1.54) is 6.07 Å². The number of rotatable bonds is 8. The van der Waals surface area contributed by atoms with Crippen molar-refractivity contribution < 1.29 is 9.66 Å². The lowest BCUT2D eigenvalue weighted by Gasteiger charge is -2.19. The third-order valence-corrected chi connectivity index (χ3v) is 3.42. The highest BCUT2D eigenvalue weighted by Gasteiger charge is 2.17. The SMILES string of the molecule is CCCNC(COC)Cc1cc(Cl)c([N+](=O)[O-])cc1C. The fourth-order valence-electron chi connectivity index (χ4n) is 2.07. The van der Waals surface area contributed by atoms with E-state index in [-0.39, 0.29) is 16.8 Å². The second-order valence-corrected chi connectivity index (χ2v) is 5.20. The average molecular weight is 301 g/mol. The molecule has 0 saturated carbocycles. The summed E-state index contributed by atoms with van der Waals surface area (Å²) >= 11 is 5.97. The van der Waals surface area contributed by atoms with Crippen LogP contribution in [-0.4, -0.2) is 31.2 Å². The Labute approximate surface area is 124 Å². The van der Waals surface area contributed by atoms with Crippen LogP contribution in [0.2, 0.25) is 5.02 Å². The number of nitrogens with zero attached hydrogens (tertiary/aromatic N) is 1. The van der Waals surface area contributed by atoms with E-state index in [0.29, 0.717) is 6.61 Å². The van der Waals surface area contributed by atoms with Crippen molar-refractivity contribution in [2.24, 2.45) is 0 Å². The standard InChI is InChI=1S/C14H21ClN2O3/c1-4-5-16-12(9-20-3)7-11-8-13(15)14(17(18)19)6-10(11)2/h6,8,12,16H,4-5,7,9H2,1-3H3. The topological polar surface area (TPSA) is 64.4 Å². The van der Waals surface area contributed by atoms with Gasteiger partial charge >= 0.3 is 0 Å². The molecule has 0 saturated heterocycles. The van der Waals surface area contributed by atoms with Gasteiger partial charge in [-0.3, -0.25) is 10.1 Å². The van der Waals surface area contributed by atoms with Gasteiger partial charge in [-0.25, -0.2) is 0 Å². The molecule has 112 valence electrons. The number of benzene rings is 1. The zero-order valence-corrected chi connectivity index (χ0v) is 12.9. The van der Waals surface area contributed by atoms with Gasteiger partial charge in [0.1, 0.15) is 5.02 Å². The maximum absolute atomic E-state index is 10.8. The fourth-order valence-corrected chi connectivity index (χ4v) is 2.33. The maximum Gasteiger partial charge on any atom is 0.288 e. The number of nitro benzene ring substituents is 1. The Kier molecular flexibility index (Phi) is 6.91. The summed E-state index contributed by atoms with van der Waals surface area (Å²) in [5.41, 5.74) is 1.84. The van der Waals surface area contributed by atoms with E-state index in [0.717, 1.165) is 30.5 Å². The first-order valence-corrected chi connectivity index (χ1v) is 7.03. The Bertz CT molecular complexity index is 466. The number of nitrogens with one attached hydrogen (secondary N) is 1. The molecule has 0 bridgehead atoms. The first kappa shape index (κ1) is 16.9. The molecule has 1 N–H and O–H groups in total. The minimum Gasteiger partial charge on any atom is -0.383 e. The number of halogens is 1. The molecular formula is C14H21ClN2O3. The lowest BCUT2D eigenvalue weighted by Crippen LogP contribution is -2.35. The van der Waals surface area contributed by atoms with Gasteiger partial charge in [-0.15, -0.1) is 0 Å². The third-order valence-electron chi connectivity index (χ3n) is 3.12. The maximum atomic E-state index is 10.8. The minimum atomic E-state index is -0.457. The van der Waals surface area contributed by atoms with Crippen molar-refractivity contribution in [2.75, 3.05) is 20.3 Å². The van der Waals surface area contributed by atoms with Gasteiger partial charge in [-0.05, 0) is 43.5 Å². The van der Waals surface area contributed by atoms with Gasteiger partial charge in [0, 0.05) is 19.2 Å². The summed E-state index contributed by atoms with van der Waals surface area (Å²) in [4.78, 5) is 10.4. The fraction of sp³-hybridized carbons (Fsp3) is 0.571. The number of hydrogen-bond donors (Lipinski definition) is 1. The van der Waals surface area contributed by atoms with Crippen LogP contribution in [0.15, 0.2) is 12.1 Å². The first-order chi connectivity index (χ1) is 9.49. The molecule has 0 fully saturated rings. The van der Waals surface area contributed by atoms with Gasteiger partial charge < -0.3 is 10.1 Å². The number of hydrogen-bond acceptors (Lipinski definition) is 4. The van der Waals surface area contributed by atoms with Crippen molar-refractivity contribution in [3.05, 3.63) is 38.4 Å². The summed E-state index contributed by atoms with van der Waals surface area (Å²) in [5, 5.41) is 14.4. The Morgan fingerprint density at radius 1 is 1.50 bits per heavy atom. The zero-order chi connectivity index (χ0) is 15.1. The van der Waals surface area contributed by atoms with Gasteiger partial charge in [0.05, 0.1) is 11.5 Å². The minimum absolute atomic E-state index is 0.0438. The molecule has 6 heteroatoms. The van der Waals surface area contributed by atoms with Gasteiger partial charge in [-0.1, -0.05) is 18.5 Å². The predicted octanol–water partition coefficient (Wildman–Crippen LogP) is 3.11. The average Bonchev–Trinajstić information content (AvgIpc) is 2.39. The van der Waals surface area contributed by atoms with E-state index in [1.807, 2.05) is 6.92 Å². The van der Waals surface area contributed by atoms with Crippen LogP contribution in [0.5, 0.6) is 0 Å². The van der Waals surface area contributed by atoms with Crippen LogP contribution < -0.4 is 5.32 Å². The molecule has 0 radical (unpaired) electrons. The van der Waals surface area contributed by atoms with E-state index in [1.54, 1.807) is 13.2 Å². The van der Waals surface area contributed by atoms with Gasteiger partial charge in [0.2, 0.25) is 0 Å². The van der Waals surface area contributed by atoms with Crippen LogP contribution >= 0.6 is 11.6 Å². The first-order valence-electron chi connectivity index (χ1n) is 6.65. The summed E-state index contributed by atoms with van der Waals surface area (Å²) in [7, 11) is 1.66. The van der Waals surface area contributed by atoms with Crippen molar-refractivity contribution in [1.82, 2.24) is 5.32 Å². The lowest BCUT2D eigenvalue weighted by molar-refractivity contribution is -0.384. The van der Waals surface area contributed by atoms with Crippen LogP contribution in [-0.2, 0) is 11.2 Å². The quantitative estimate of drug-likeness (QED) is 0.592. The van der Waals surface area contributed by atoms with Gasteiger partial charge in [0.15, 0.2) is 0 Å². The van der Waals surface area contributed by atoms with E-state index in [2.05, 4.69) is 12.2 Å². The second-order valence-electron chi connectivity index (χ2n) is 4.80. The largest absolute Gasteiger partial charge is 0.383 e. The van der Waals surface area contributed by atoms with Crippen LogP contribution in [0.1, 0.15) is 24.5 Å². The molecule has 1 atom stereocenters. The third kappa shape index (κ3) is 4.74. The smallest absolute Gasteiger partial charge is 0.288 e. The van der Waals surface area contributed by atoms with Crippen molar-refractivity contribution >= 4 is 17.3 Å². The van der Waals surface area contributed by atoms with E-state index < -0.39 is 4.92 Å². The molecule has 1 rings (SSSR count). The molecular weight excluding hydrogens is 280 g/mol. The monoisotopic (exact) mass is 300 g/mol. The molecule has 20 heavy (non-hydrogen) atoms. The predicted molar refractivity (Wildman–Crippen MR) is 80.5 cm³/mol. The van der Waals surface area contributed by atoms with E-state index in [4.69, 9.17) is 16.3 Å². The van der Waals surface area contributed by atoms with Crippen molar-refractivity contribution in [3.8, 4) is 0 Å². The van der Waals surface area contributed by atoms with Gasteiger partial charge in [-0.2, -0.15) is 0 Å². The number of ether oxygens (including phenoxy) is 1. The summed E-state index contributed by atoms with van der Waals surface area (Å²) in [6, 6.07) is 3.39. The highest BCUT2D eigenvalue weighted by atomic mass is 35.5.